The zero-order valence-electron chi connectivity index (χ0n) is 18.1. The van der Waals surface area contributed by atoms with Gasteiger partial charge >= 0.3 is 0 Å². The van der Waals surface area contributed by atoms with Crippen LogP contribution >= 0.6 is 34.7 Å². The lowest BCUT2D eigenvalue weighted by atomic mass is 9.82. The molecule has 1 fully saturated rings. The molecule has 1 unspecified atom stereocenters. The van der Waals surface area contributed by atoms with E-state index >= 15 is 0 Å². The van der Waals surface area contributed by atoms with Crippen LogP contribution in [0.1, 0.15) is 43.4 Å². The van der Waals surface area contributed by atoms with Crippen molar-refractivity contribution < 1.29 is 9.53 Å². The predicted octanol–water partition coefficient (Wildman–Crippen LogP) is 6.81. The number of pyridine rings is 1. The molecule has 1 N–H and O–H groups in total. The van der Waals surface area contributed by atoms with Crippen molar-refractivity contribution >= 4 is 40.6 Å². The first kappa shape index (κ1) is 22.5. The number of nitrogens with one attached hydrogen (secondary N) is 1. The molecule has 1 saturated carbocycles. The summed E-state index contributed by atoms with van der Waals surface area (Å²) < 4.78 is 6.07. The summed E-state index contributed by atoms with van der Waals surface area (Å²) in [5.41, 5.74) is 1.09. The molecular weight excluding hydrogens is 472 g/mol. The predicted molar refractivity (Wildman–Crippen MR) is 135 cm³/mol. The van der Waals surface area contributed by atoms with Crippen molar-refractivity contribution in [3.8, 4) is 5.88 Å². The van der Waals surface area contributed by atoms with Crippen LogP contribution in [0.25, 0.3) is 0 Å². The summed E-state index contributed by atoms with van der Waals surface area (Å²) in [6.45, 7) is 0.701. The normalized spacial score (nSPS) is 21.0. The van der Waals surface area contributed by atoms with Crippen LogP contribution < -0.4 is 10.1 Å². The maximum Gasteiger partial charge on any atom is 0.258 e. The van der Waals surface area contributed by atoms with Gasteiger partial charge in [-0.3, -0.25) is 4.79 Å². The molecule has 3 heterocycles. The van der Waals surface area contributed by atoms with Gasteiger partial charge in [0, 0.05) is 17.4 Å². The third-order valence-corrected chi connectivity index (χ3v) is 8.59. The molecule has 33 heavy (non-hydrogen) atoms. The maximum atomic E-state index is 13.3. The van der Waals surface area contributed by atoms with E-state index in [9.17, 15) is 4.79 Å². The topological polar surface area (TPSA) is 51.2 Å². The summed E-state index contributed by atoms with van der Waals surface area (Å²) in [7, 11) is 0. The second-order valence-corrected chi connectivity index (χ2v) is 10.8. The Kier molecular flexibility index (Phi) is 6.76. The molecule has 0 spiro atoms. The number of amides is 1. The molecule has 1 amide bonds. The highest BCUT2D eigenvalue weighted by atomic mass is 35.5. The summed E-state index contributed by atoms with van der Waals surface area (Å²) in [5, 5.41) is 8.03. The smallest absolute Gasteiger partial charge is 0.258 e. The number of carbonyl (C=O) groups excluding carboxylic acids is 1. The Morgan fingerprint density at radius 1 is 1.15 bits per heavy atom. The van der Waals surface area contributed by atoms with Crippen LogP contribution in [0.4, 0.5) is 0 Å². The van der Waals surface area contributed by atoms with Crippen molar-refractivity contribution in [3.05, 3.63) is 86.6 Å². The molecule has 3 aromatic rings. The molecule has 0 bridgehead atoms. The van der Waals surface area contributed by atoms with Gasteiger partial charge in [-0.2, -0.15) is 11.3 Å². The van der Waals surface area contributed by atoms with Gasteiger partial charge in [-0.25, -0.2) is 4.98 Å². The average Bonchev–Trinajstić information content (AvgIpc) is 3.55. The standard InChI is InChI=1S/C26H25ClN2O2S2/c27-20-8-3-4-9-21(20)33-22-12-14-26(29-25(22)30,19-13-15-32-17-19)23-10-5-11-24(28-23)31-16-18-6-1-2-7-18/h3-5,8-13,15,17-18H,1-2,6-7,14,16H2,(H,29,30). The molecule has 0 radical (unpaired) electrons. The van der Waals surface area contributed by atoms with Crippen LogP contribution in [0, 0.1) is 5.92 Å². The largest absolute Gasteiger partial charge is 0.477 e. The highest BCUT2D eigenvalue weighted by molar-refractivity contribution is 8.04. The van der Waals surface area contributed by atoms with E-state index in [1.54, 1.807) is 11.3 Å². The molecule has 1 aromatic carbocycles. The van der Waals surface area contributed by atoms with Crippen molar-refractivity contribution in [2.45, 2.75) is 42.5 Å². The summed E-state index contributed by atoms with van der Waals surface area (Å²) in [4.78, 5) is 19.6. The first-order chi connectivity index (χ1) is 16.1. The maximum absolute atomic E-state index is 13.3. The van der Waals surface area contributed by atoms with Crippen LogP contribution in [0.3, 0.4) is 0 Å². The average molecular weight is 497 g/mol. The van der Waals surface area contributed by atoms with Crippen molar-refractivity contribution in [2.75, 3.05) is 6.61 Å². The van der Waals surface area contributed by atoms with Crippen molar-refractivity contribution in [1.82, 2.24) is 10.3 Å². The van der Waals surface area contributed by atoms with Gasteiger partial charge in [-0.05, 0) is 59.3 Å². The van der Waals surface area contributed by atoms with Gasteiger partial charge in [-0.15, -0.1) is 0 Å². The van der Waals surface area contributed by atoms with Gasteiger partial charge in [0.05, 0.1) is 22.2 Å². The lowest BCUT2D eigenvalue weighted by Gasteiger charge is -2.36. The van der Waals surface area contributed by atoms with Crippen LogP contribution in [0.2, 0.25) is 5.02 Å². The van der Waals surface area contributed by atoms with Crippen LogP contribution in [0.15, 0.2) is 75.2 Å². The van der Waals surface area contributed by atoms with E-state index in [2.05, 4.69) is 16.8 Å². The van der Waals surface area contributed by atoms with E-state index in [0.29, 0.717) is 34.8 Å². The molecular formula is C26H25ClN2O2S2. The molecule has 1 aliphatic heterocycles. The molecule has 1 atom stereocenters. The van der Waals surface area contributed by atoms with Gasteiger partial charge in [0.15, 0.2) is 0 Å². The number of thiophene rings is 1. The lowest BCUT2D eigenvalue weighted by molar-refractivity contribution is -0.118. The number of benzene rings is 1. The molecule has 170 valence electrons. The minimum absolute atomic E-state index is 0.128. The highest BCUT2D eigenvalue weighted by Crippen LogP contribution is 2.41. The molecule has 7 heteroatoms. The fourth-order valence-corrected chi connectivity index (χ4v) is 6.35. The zero-order chi connectivity index (χ0) is 22.7. The summed E-state index contributed by atoms with van der Waals surface area (Å²) in [5.74, 6) is 1.10. The Labute approximate surface area is 207 Å². The monoisotopic (exact) mass is 496 g/mol. The van der Waals surface area contributed by atoms with Crippen LogP contribution in [-0.4, -0.2) is 17.5 Å². The number of ether oxygens (including phenoxy) is 1. The number of hydrogen-bond acceptors (Lipinski definition) is 5. The molecule has 5 rings (SSSR count). The number of halogens is 1. The molecule has 1 aliphatic carbocycles. The minimum Gasteiger partial charge on any atom is -0.477 e. The molecule has 0 saturated heterocycles. The van der Waals surface area contributed by atoms with E-state index in [1.165, 1.54) is 37.4 Å². The number of thioether (sulfide) groups is 1. The highest BCUT2D eigenvalue weighted by Gasteiger charge is 2.41. The van der Waals surface area contributed by atoms with E-state index in [-0.39, 0.29) is 5.91 Å². The third-order valence-electron chi connectivity index (χ3n) is 6.32. The summed E-state index contributed by atoms with van der Waals surface area (Å²) in [6, 6.07) is 15.5. The van der Waals surface area contributed by atoms with E-state index in [0.717, 1.165) is 16.2 Å². The van der Waals surface area contributed by atoms with Crippen molar-refractivity contribution in [2.24, 2.45) is 5.92 Å². The summed E-state index contributed by atoms with van der Waals surface area (Å²) in [6.07, 6.45) is 7.63. The lowest BCUT2D eigenvalue weighted by Crippen LogP contribution is -2.49. The number of carbonyl (C=O) groups is 1. The first-order valence-electron chi connectivity index (χ1n) is 11.2. The Morgan fingerprint density at radius 2 is 2.00 bits per heavy atom. The number of hydrogen-bond donors (Lipinski definition) is 1. The fraction of sp³-hybridized carbons (Fsp3) is 0.308. The van der Waals surface area contributed by atoms with E-state index in [4.69, 9.17) is 21.3 Å². The Balaban J connectivity index is 1.43. The second kappa shape index (κ2) is 9.92. The number of aromatic nitrogens is 1. The van der Waals surface area contributed by atoms with Crippen molar-refractivity contribution in [1.29, 1.82) is 0 Å². The first-order valence-corrected chi connectivity index (χ1v) is 13.4. The van der Waals surface area contributed by atoms with Gasteiger partial charge in [0.25, 0.3) is 5.91 Å². The number of nitrogens with zero attached hydrogens (tertiary/aromatic N) is 1. The van der Waals surface area contributed by atoms with Gasteiger partial charge in [0.1, 0.15) is 5.54 Å². The summed E-state index contributed by atoms with van der Waals surface area (Å²) >= 11 is 9.32. The van der Waals surface area contributed by atoms with Gasteiger partial charge < -0.3 is 10.1 Å². The minimum atomic E-state index is -0.728. The quantitative estimate of drug-likeness (QED) is 0.390. The van der Waals surface area contributed by atoms with Crippen molar-refractivity contribution in [3.63, 3.8) is 0 Å². The van der Waals surface area contributed by atoms with Gasteiger partial charge in [-0.1, -0.05) is 60.5 Å². The van der Waals surface area contributed by atoms with E-state index in [1.807, 2.05) is 53.9 Å². The Bertz CT molecular complexity index is 1160. The number of rotatable bonds is 7. The van der Waals surface area contributed by atoms with Crippen LogP contribution in [-0.2, 0) is 10.3 Å². The molecule has 2 aromatic heterocycles. The van der Waals surface area contributed by atoms with Crippen LogP contribution in [0.5, 0.6) is 5.88 Å². The Morgan fingerprint density at radius 3 is 2.76 bits per heavy atom. The zero-order valence-corrected chi connectivity index (χ0v) is 20.5. The SMILES string of the molecule is O=C1NC(c2ccsc2)(c2cccc(OCC3CCCC3)n2)CC=C1Sc1ccccc1Cl. The second-order valence-electron chi connectivity index (χ2n) is 8.50. The molecule has 4 nitrogen and oxygen atoms in total. The Hall–Kier alpha value is -2.28. The fourth-order valence-electron chi connectivity index (χ4n) is 4.51. The third kappa shape index (κ3) is 4.84. The van der Waals surface area contributed by atoms with Gasteiger partial charge in [0.2, 0.25) is 5.88 Å². The molecule has 2 aliphatic rings. The van der Waals surface area contributed by atoms with E-state index < -0.39 is 5.54 Å².